The number of alkyl halides is 1. The molecule has 0 saturated heterocycles. The summed E-state index contributed by atoms with van der Waals surface area (Å²) in [5.41, 5.74) is 0.997. The minimum absolute atomic E-state index is 0.572. The predicted octanol–water partition coefficient (Wildman–Crippen LogP) is 2.85. The van der Waals surface area contributed by atoms with Crippen LogP contribution in [0.25, 0.3) is 0 Å². The first-order chi connectivity index (χ1) is 7.77. The Balaban J connectivity index is 2.34. The van der Waals surface area contributed by atoms with E-state index in [1.807, 2.05) is 25.2 Å². The van der Waals surface area contributed by atoms with Gasteiger partial charge in [-0.05, 0) is 18.2 Å². The van der Waals surface area contributed by atoms with E-state index < -0.39 is 0 Å². The molecule has 90 valence electrons. The van der Waals surface area contributed by atoms with Crippen molar-refractivity contribution in [1.82, 2.24) is 0 Å². The number of hydrogen-bond acceptors (Lipinski definition) is 4. The zero-order valence-electron chi connectivity index (χ0n) is 9.20. The fourth-order valence-electron chi connectivity index (χ4n) is 1.19. The highest BCUT2D eigenvalue weighted by molar-refractivity contribution is 14.1. The van der Waals surface area contributed by atoms with Crippen molar-refractivity contribution >= 4 is 40.9 Å². The summed E-state index contributed by atoms with van der Waals surface area (Å²) in [6.07, 6.45) is 0. The molecule has 0 fully saturated rings. The van der Waals surface area contributed by atoms with E-state index in [-0.39, 0.29) is 0 Å². The molecule has 1 aromatic rings. The van der Waals surface area contributed by atoms with Crippen LogP contribution in [0.1, 0.15) is 0 Å². The molecule has 0 aromatic heterocycles. The summed E-state index contributed by atoms with van der Waals surface area (Å²) in [4.78, 5) is 0.883. The molecule has 1 N–H and O–H groups in total. The quantitative estimate of drug-likeness (QED) is 0.342. The van der Waals surface area contributed by atoms with E-state index in [1.54, 1.807) is 0 Å². The Morgan fingerprint density at radius 3 is 2.75 bits per heavy atom. The molecule has 5 heteroatoms. The molecule has 16 heavy (non-hydrogen) atoms. The molecule has 0 aliphatic rings. The van der Waals surface area contributed by atoms with Gasteiger partial charge in [0.15, 0.2) is 0 Å². The van der Waals surface area contributed by atoms with Gasteiger partial charge in [-0.25, -0.2) is 0 Å². The highest BCUT2D eigenvalue weighted by atomic mass is 127. The lowest BCUT2D eigenvalue weighted by molar-refractivity contribution is 0.113. The minimum atomic E-state index is 0.572. The van der Waals surface area contributed by atoms with Gasteiger partial charge in [-0.15, -0.1) is 12.6 Å². The maximum absolute atomic E-state index is 5.53. The molecule has 3 nitrogen and oxygen atoms in total. The van der Waals surface area contributed by atoms with Crippen molar-refractivity contribution in [3.8, 4) is 5.75 Å². The highest BCUT2D eigenvalue weighted by Crippen LogP contribution is 2.24. The third-order valence-corrected chi connectivity index (χ3v) is 2.77. The van der Waals surface area contributed by atoms with Crippen LogP contribution in [0.3, 0.4) is 0 Å². The lowest BCUT2D eigenvalue weighted by Crippen LogP contribution is -2.07. The lowest BCUT2D eigenvalue weighted by atomic mass is 10.3. The molecule has 0 spiro atoms. The first-order valence-corrected chi connectivity index (χ1v) is 7.02. The van der Waals surface area contributed by atoms with Gasteiger partial charge in [0.05, 0.1) is 13.2 Å². The summed E-state index contributed by atoms with van der Waals surface area (Å²) < 4.78 is 11.9. The second-order valence-electron chi connectivity index (χ2n) is 3.08. The lowest BCUT2D eigenvalue weighted by Gasteiger charge is -2.09. The van der Waals surface area contributed by atoms with Gasteiger partial charge in [-0.2, -0.15) is 0 Å². The fourth-order valence-corrected chi connectivity index (χ4v) is 1.81. The van der Waals surface area contributed by atoms with Crippen LogP contribution in [-0.2, 0) is 4.74 Å². The molecule has 1 rings (SSSR count). The molecule has 0 unspecified atom stereocenters. The first-order valence-electron chi connectivity index (χ1n) is 5.05. The SMILES string of the molecule is CNc1ccc(OCCOCCI)cc1S. The van der Waals surface area contributed by atoms with Crippen LogP contribution in [-0.4, -0.2) is 31.3 Å². The number of rotatable bonds is 7. The van der Waals surface area contributed by atoms with Crippen LogP contribution in [0.15, 0.2) is 23.1 Å². The largest absolute Gasteiger partial charge is 0.491 e. The van der Waals surface area contributed by atoms with Gasteiger partial charge >= 0.3 is 0 Å². The normalized spacial score (nSPS) is 10.2. The average Bonchev–Trinajstić information content (AvgIpc) is 2.29. The summed E-state index contributed by atoms with van der Waals surface area (Å²) >= 11 is 6.63. The van der Waals surface area contributed by atoms with E-state index >= 15 is 0 Å². The van der Waals surface area contributed by atoms with Crippen molar-refractivity contribution in [2.75, 3.05) is 36.6 Å². The van der Waals surface area contributed by atoms with Gasteiger partial charge < -0.3 is 14.8 Å². The standard InChI is InChI=1S/C11H16INO2S/c1-13-10-3-2-9(8-11(10)16)15-7-6-14-5-4-12/h2-3,8,13,16H,4-7H2,1H3. The number of ether oxygens (including phenoxy) is 2. The van der Waals surface area contributed by atoms with Crippen molar-refractivity contribution in [3.05, 3.63) is 18.2 Å². The Hall–Kier alpha value is -0.140. The van der Waals surface area contributed by atoms with E-state index in [2.05, 4.69) is 40.5 Å². The van der Waals surface area contributed by atoms with E-state index in [0.29, 0.717) is 13.2 Å². The van der Waals surface area contributed by atoms with Crippen LogP contribution in [0.4, 0.5) is 5.69 Å². The van der Waals surface area contributed by atoms with Gasteiger partial charge in [0.25, 0.3) is 0 Å². The first kappa shape index (κ1) is 13.9. The van der Waals surface area contributed by atoms with Gasteiger partial charge in [0.2, 0.25) is 0 Å². The van der Waals surface area contributed by atoms with Crippen LogP contribution in [0.2, 0.25) is 0 Å². The van der Waals surface area contributed by atoms with E-state index in [0.717, 1.165) is 27.4 Å². The Morgan fingerprint density at radius 2 is 2.12 bits per heavy atom. The molecule has 0 aliphatic heterocycles. The zero-order valence-corrected chi connectivity index (χ0v) is 12.3. The number of hydrogen-bond donors (Lipinski definition) is 2. The number of anilines is 1. The maximum atomic E-state index is 5.53. The van der Waals surface area contributed by atoms with Gasteiger partial charge in [-0.1, -0.05) is 22.6 Å². The van der Waals surface area contributed by atoms with Crippen molar-refractivity contribution in [2.24, 2.45) is 0 Å². The van der Waals surface area contributed by atoms with E-state index in [9.17, 15) is 0 Å². The third-order valence-electron chi connectivity index (χ3n) is 1.96. The van der Waals surface area contributed by atoms with Gasteiger partial charge in [0.1, 0.15) is 12.4 Å². The molecular weight excluding hydrogens is 337 g/mol. The monoisotopic (exact) mass is 353 g/mol. The predicted molar refractivity (Wildman–Crippen MR) is 78.4 cm³/mol. The van der Waals surface area contributed by atoms with Crippen molar-refractivity contribution < 1.29 is 9.47 Å². The smallest absolute Gasteiger partial charge is 0.120 e. The Labute approximate surface area is 115 Å². The molecule has 0 saturated carbocycles. The van der Waals surface area contributed by atoms with Crippen molar-refractivity contribution in [1.29, 1.82) is 0 Å². The molecule has 1 aromatic carbocycles. The molecule has 0 radical (unpaired) electrons. The topological polar surface area (TPSA) is 30.5 Å². The summed E-state index contributed by atoms with van der Waals surface area (Å²) in [6.45, 7) is 1.97. The minimum Gasteiger partial charge on any atom is -0.491 e. The summed E-state index contributed by atoms with van der Waals surface area (Å²) in [5, 5.41) is 3.05. The van der Waals surface area contributed by atoms with Gasteiger partial charge in [0, 0.05) is 22.1 Å². The summed E-state index contributed by atoms with van der Waals surface area (Å²) in [5.74, 6) is 0.821. The Kier molecular flexibility index (Phi) is 6.98. The molecular formula is C11H16INO2S. The Bertz CT molecular complexity index is 323. The second kappa shape index (κ2) is 8.03. The molecule has 0 heterocycles. The molecule has 0 aliphatic carbocycles. The fraction of sp³-hybridized carbons (Fsp3) is 0.455. The number of nitrogens with one attached hydrogen (secondary N) is 1. The molecule has 0 atom stereocenters. The van der Waals surface area contributed by atoms with Crippen LogP contribution >= 0.6 is 35.2 Å². The molecule has 0 amide bonds. The van der Waals surface area contributed by atoms with Crippen molar-refractivity contribution in [3.63, 3.8) is 0 Å². The summed E-state index contributed by atoms with van der Waals surface area (Å²) in [6, 6.07) is 5.76. The second-order valence-corrected chi connectivity index (χ2v) is 4.64. The maximum Gasteiger partial charge on any atom is 0.120 e. The average molecular weight is 353 g/mol. The van der Waals surface area contributed by atoms with E-state index in [1.165, 1.54) is 0 Å². The van der Waals surface area contributed by atoms with E-state index in [4.69, 9.17) is 9.47 Å². The molecule has 0 bridgehead atoms. The highest BCUT2D eigenvalue weighted by Gasteiger charge is 1.99. The van der Waals surface area contributed by atoms with Gasteiger partial charge in [-0.3, -0.25) is 0 Å². The number of thiol groups is 1. The number of halogens is 1. The van der Waals surface area contributed by atoms with Crippen LogP contribution in [0, 0.1) is 0 Å². The van der Waals surface area contributed by atoms with Crippen LogP contribution < -0.4 is 10.1 Å². The third kappa shape index (κ3) is 4.80. The Morgan fingerprint density at radius 1 is 1.31 bits per heavy atom. The summed E-state index contributed by atoms with van der Waals surface area (Å²) in [7, 11) is 1.87. The number of benzene rings is 1. The van der Waals surface area contributed by atoms with Crippen molar-refractivity contribution in [2.45, 2.75) is 4.90 Å². The van der Waals surface area contributed by atoms with Crippen LogP contribution in [0.5, 0.6) is 5.75 Å². The zero-order chi connectivity index (χ0) is 11.8.